The van der Waals surface area contributed by atoms with Gasteiger partial charge in [0, 0.05) is 0 Å². The van der Waals surface area contributed by atoms with Gasteiger partial charge in [0.1, 0.15) is 0 Å². The highest BCUT2D eigenvalue weighted by Gasteiger charge is 2.25. The van der Waals surface area contributed by atoms with Gasteiger partial charge in [-0.2, -0.15) is 5.48 Å². The van der Waals surface area contributed by atoms with Crippen LogP contribution in [0.3, 0.4) is 0 Å². The van der Waals surface area contributed by atoms with Gasteiger partial charge in [-0.05, 0) is 0 Å². The molecule has 4 heteroatoms. The van der Waals surface area contributed by atoms with E-state index in [1.807, 2.05) is 0 Å². The molecule has 0 aromatic rings. The van der Waals surface area contributed by atoms with Gasteiger partial charge in [0.15, 0.2) is 0 Å². The number of aliphatic hydroxyl groups is 1. The Hall–Kier alpha value is -0.420. The maximum atomic E-state index is 9.19. The van der Waals surface area contributed by atoms with E-state index in [0.29, 0.717) is 19.8 Å². The zero-order valence-corrected chi connectivity index (χ0v) is 6.32. The minimum Gasteiger partial charge on any atom is -0.389 e. The first kappa shape index (κ1) is 8.67. The summed E-state index contributed by atoms with van der Waals surface area (Å²) < 4.78 is 4.98. The van der Waals surface area contributed by atoms with Crippen LogP contribution in [-0.2, 0) is 9.57 Å². The normalized spacial score (nSPS) is 30.6. The molecule has 0 amide bonds. The molecular formula is C7H13NO3. The van der Waals surface area contributed by atoms with Crippen molar-refractivity contribution in [1.29, 1.82) is 0 Å². The van der Waals surface area contributed by atoms with Crippen molar-refractivity contribution in [2.45, 2.75) is 12.1 Å². The molecule has 0 spiro atoms. The van der Waals surface area contributed by atoms with Crippen LogP contribution in [0.4, 0.5) is 0 Å². The summed E-state index contributed by atoms with van der Waals surface area (Å²) >= 11 is 0. The quantitative estimate of drug-likeness (QED) is 0.328. The van der Waals surface area contributed by atoms with Crippen LogP contribution in [0.15, 0.2) is 12.7 Å². The van der Waals surface area contributed by atoms with Crippen molar-refractivity contribution in [3.05, 3.63) is 12.7 Å². The Morgan fingerprint density at radius 1 is 1.73 bits per heavy atom. The van der Waals surface area contributed by atoms with Gasteiger partial charge in [0.05, 0.1) is 32.0 Å². The zero-order valence-electron chi connectivity index (χ0n) is 6.32. The lowest BCUT2D eigenvalue weighted by molar-refractivity contribution is 0.00640. The largest absolute Gasteiger partial charge is 0.389 e. The van der Waals surface area contributed by atoms with Crippen molar-refractivity contribution < 1.29 is 14.7 Å². The van der Waals surface area contributed by atoms with Crippen LogP contribution < -0.4 is 5.48 Å². The second kappa shape index (κ2) is 4.46. The fourth-order valence-electron chi connectivity index (χ4n) is 0.870. The highest BCUT2D eigenvalue weighted by atomic mass is 16.6. The third kappa shape index (κ3) is 2.59. The predicted octanol–water partition coefficient (Wildman–Crippen LogP) is -0.547. The van der Waals surface area contributed by atoms with Gasteiger partial charge in [-0.25, -0.2) is 0 Å². The van der Waals surface area contributed by atoms with Gasteiger partial charge < -0.3 is 9.84 Å². The molecule has 11 heavy (non-hydrogen) atoms. The molecule has 0 aromatic heterocycles. The summed E-state index contributed by atoms with van der Waals surface area (Å²) in [4.78, 5) is 4.93. The van der Waals surface area contributed by atoms with Gasteiger partial charge in [-0.3, -0.25) is 4.84 Å². The van der Waals surface area contributed by atoms with Gasteiger partial charge in [0.25, 0.3) is 0 Å². The number of nitrogens with one attached hydrogen (secondary N) is 1. The summed E-state index contributed by atoms with van der Waals surface area (Å²) in [5.41, 5.74) is 2.69. The van der Waals surface area contributed by atoms with E-state index in [0.717, 1.165) is 0 Å². The molecule has 0 bridgehead atoms. The zero-order chi connectivity index (χ0) is 8.10. The van der Waals surface area contributed by atoms with Crippen LogP contribution in [0.5, 0.6) is 0 Å². The molecule has 2 atom stereocenters. The smallest absolute Gasteiger partial charge is 0.0971 e. The fraction of sp³-hybridized carbons (Fsp3) is 0.714. The van der Waals surface area contributed by atoms with E-state index < -0.39 is 6.10 Å². The van der Waals surface area contributed by atoms with Crippen molar-refractivity contribution in [2.24, 2.45) is 0 Å². The molecule has 0 aliphatic carbocycles. The number of ether oxygens (including phenoxy) is 1. The average molecular weight is 159 g/mol. The van der Waals surface area contributed by atoms with Crippen molar-refractivity contribution in [2.75, 3.05) is 19.8 Å². The molecule has 4 nitrogen and oxygen atoms in total. The van der Waals surface area contributed by atoms with E-state index in [9.17, 15) is 5.11 Å². The van der Waals surface area contributed by atoms with Crippen LogP contribution in [-0.4, -0.2) is 37.1 Å². The van der Waals surface area contributed by atoms with Crippen molar-refractivity contribution in [1.82, 2.24) is 5.48 Å². The van der Waals surface area contributed by atoms with Crippen LogP contribution in [0, 0.1) is 0 Å². The van der Waals surface area contributed by atoms with E-state index in [2.05, 4.69) is 12.1 Å². The molecule has 1 aliphatic rings. The van der Waals surface area contributed by atoms with Crippen LogP contribution in [0.1, 0.15) is 0 Å². The number of hydrogen-bond donors (Lipinski definition) is 2. The van der Waals surface area contributed by atoms with Crippen LogP contribution >= 0.6 is 0 Å². The Kier molecular flexibility index (Phi) is 3.51. The van der Waals surface area contributed by atoms with E-state index in [1.165, 1.54) is 0 Å². The fourth-order valence-corrected chi connectivity index (χ4v) is 0.870. The second-order valence-electron chi connectivity index (χ2n) is 2.43. The number of rotatable bonds is 4. The summed E-state index contributed by atoms with van der Waals surface area (Å²) in [5.74, 6) is 0. The lowest BCUT2D eigenvalue weighted by atomic mass is 10.2. The maximum absolute atomic E-state index is 9.19. The predicted molar refractivity (Wildman–Crippen MR) is 39.9 cm³/mol. The minimum atomic E-state index is -0.459. The molecule has 1 rings (SSSR count). The number of aliphatic hydroxyl groups excluding tert-OH is 1. The highest BCUT2D eigenvalue weighted by Crippen LogP contribution is 2.04. The molecule has 2 unspecified atom stereocenters. The topological polar surface area (TPSA) is 50.7 Å². The second-order valence-corrected chi connectivity index (χ2v) is 2.43. The molecule has 0 saturated carbocycles. The Morgan fingerprint density at radius 3 is 3.09 bits per heavy atom. The summed E-state index contributed by atoms with van der Waals surface area (Å²) in [7, 11) is 0. The molecule has 1 heterocycles. The monoisotopic (exact) mass is 159 g/mol. The summed E-state index contributed by atoms with van der Waals surface area (Å²) in [6, 6.07) is -0.102. The first-order chi connectivity index (χ1) is 5.34. The Bertz CT molecular complexity index is 129. The Balaban J connectivity index is 2.10. The molecule has 1 fully saturated rings. The molecule has 2 N–H and O–H groups in total. The Morgan fingerprint density at radius 2 is 2.55 bits per heavy atom. The number of hydrogen-bond acceptors (Lipinski definition) is 4. The molecular weight excluding hydrogens is 146 g/mol. The highest BCUT2D eigenvalue weighted by molar-refractivity contribution is 4.77. The molecule has 1 aliphatic heterocycles. The number of hydroxylamine groups is 1. The lowest BCUT2D eigenvalue weighted by Crippen LogP contribution is -2.38. The standard InChI is InChI=1S/C7H13NO3/c1-2-3-11-8-6-4-10-5-7(6)9/h2,6-9H,1,3-5H2. The van der Waals surface area contributed by atoms with E-state index >= 15 is 0 Å². The minimum absolute atomic E-state index is 0.102. The SMILES string of the molecule is C=CCONC1COCC1O. The third-order valence-electron chi connectivity index (χ3n) is 1.49. The molecule has 1 saturated heterocycles. The van der Waals surface area contributed by atoms with Gasteiger partial charge in [0.2, 0.25) is 0 Å². The average Bonchev–Trinajstić information content (AvgIpc) is 2.37. The Labute approximate surface area is 65.8 Å². The summed E-state index contributed by atoms with van der Waals surface area (Å²) in [6.07, 6.45) is 1.18. The van der Waals surface area contributed by atoms with E-state index in [1.54, 1.807) is 6.08 Å². The lowest BCUT2D eigenvalue weighted by Gasteiger charge is -2.12. The van der Waals surface area contributed by atoms with Gasteiger partial charge >= 0.3 is 0 Å². The van der Waals surface area contributed by atoms with Gasteiger partial charge in [-0.15, -0.1) is 6.58 Å². The molecule has 0 aromatic carbocycles. The van der Waals surface area contributed by atoms with Crippen LogP contribution in [0.25, 0.3) is 0 Å². The van der Waals surface area contributed by atoms with E-state index in [-0.39, 0.29) is 6.04 Å². The van der Waals surface area contributed by atoms with Gasteiger partial charge in [-0.1, -0.05) is 6.08 Å². The van der Waals surface area contributed by atoms with Crippen LogP contribution in [0.2, 0.25) is 0 Å². The summed E-state index contributed by atoms with van der Waals surface area (Å²) in [5, 5.41) is 9.19. The van der Waals surface area contributed by atoms with Crippen molar-refractivity contribution in [3.63, 3.8) is 0 Å². The third-order valence-corrected chi connectivity index (χ3v) is 1.49. The van der Waals surface area contributed by atoms with Crippen molar-refractivity contribution >= 4 is 0 Å². The first-order valence-electron chi connectivity index (χ1n) is 3.58. The summed E-state index contributed by atoms with van der Waals surface area (Å²) in [6.45, 7) is 4.80. The first-order valence-corrected chi connectivity index (χ1v) is 3.58. The maximum Gasteiger partial charge on any atom is 0.0971 e. The molecule has 0 radical (unpaired) electrons. The van der Waals surface area contributed by atoms with E-state index in [4.69, 9.17) is 9.57 Å². The van der Waals surface area contributed by atoms with Crippen molar-refractivity contribution in [3.8, 4) is 0 Å². The molecule has 64 valence electrons.